The fourth-order valence-corrected chi connectivity index (χ4v) is 1.74. The lowest BCUT2D eigenvalue weighted by Gasteiger charge is -2.10. The largest absolute Gasteiger partial charge is 0.317 e. The zero-order valence-electron chi connectivity index (χ0n) is 6.09. The van der Waals surface area contributed by atoms with Crippen LogP contribution in [-0.2, 0) is 0 Å². The highest BCUT2D eigenvalue weighted by atomic mass is 16.5. The highest BCUT2D eigenvalue weighted by Crippen LogP contribution is 2.29. The molecule has 1 aliphatic rings. The molecule has 9 heavy (non-hydrogen) atoms. The van der Waals surface area contributed by atoms with Crippen LogP contribution in [0.1, 0.15) is 26.7 Å². The van der Waals surface area contributed by atoms with Gasteiger partial charge in [0.1, 0.15) is 0 Å². The van der Waals surface area contributed by atoms with Gasteiger partial charge in [0.05, 0.1) is 0 Å². The molecular weight excluding hydrogens is 114 g/mol. The summed E-state index contributed by atoms with van der Waals surface area (Å²) >= 11 is 0. The Balaban J connectivity index is 2.38. The average molecular weight is 129 g/mol. The maximum absolute atomic E-state index is 8.60. The van der Waals surface area contributed by atoms with Crippen molar-refractivity contribution < 1.29 is 5.21 Å². The van der Waals surface area contributed by atoms with E-state index in [0.717, 1.165) is 12.3 Å². The fourth-order valence-electron chi connectivity index (χ4n) is 1.74. The highest BCUT2D eigenvalue weighted by Gasteiger charge is 2.27. The van der Waals surface area contributed by atoms with Gasteiger partial charge in [-0.3, -0.25) is 0 Å². The third-order valence-electron chi connectivity index (χ3n) is 2.28. The Morgan fingerprint density at radius 1 is 1.33 bits per heavy atom. The van der Waals surface area contributed by atoms with Crippen molar-refractivity contribution in [1.29, 1.82) is 0 Å². The Morgan fingerprint density at radius 2 is 2.00 bits per heavy atom. The topological polar surface area (TPSA) is 32.3 Å². The molecule has 0 aliphatic heterocycles. The summed E-state index contributed by atoms with van der Waals surface area (Å²) in [5.41, 5.74) is 2.34. The zero-order valence-corrected chi connectivity index (χ0v) is 6.09. The molecule has 0 radical (unpaired) electrons. The Labute approximate surface area is 56.2 Å². The van der Waals surface area contributed by atoms with Gasteiger partial charge in [0.2, 0.25) is 0 Å². The summed E-state index contributed by atoms with van der Waals surface area (Å²) in [6.45, 7) is 4.41. The van der Waals surface area contributed by atoms with Crippen LogP contribution in [0.15, 0.2) is 0 Å². The smallest absolute Gasteiger partial charge is 0.0347 e. The van der Waals surface area contributed by atoms with Gasteiger partial charge in [-0.15, -0.1) is 0 Å². The lowest BCUT2D eigenvalue weighted by atomic mass is 10.1. The predicted molar refractivity (Wildman–Crippen MR) is 36.3 cm³/mol. The van der Waals surface area contributed by atoms with Crippen molar-refractivity contribution in [1.82, 2.24) is 5.48 Å². The van der Waals surface area contributed by atoms with E-state index in [4.69, 9.17) is 5.21 Å². The van der Waals surface area contributed by atoms with Crippen molar-refractivity contribution in [2.45, 2.75) is 32.7 Å². The van der Waals surface area contributed by atoms with Crippen LogP contribution in [0.5, 0.6) is 0 Å². The Kier molecular flexibility index (Phi) is 2.09. The number of hydrogen-bond acceptors (Lipinski definition) is 2. The van der Waals surface area contributed by atoms with E-state index in [1.54, 1.807) is 0 Å². The molecule has 1 aliphatic carbocycles. The minimum Gasteiger partial charge on any atom is -0.317 e. The zero-order chi connectivity index (χ0) is 6.85. The van der Waals surface area contributed by atoms with Gasteiger partial charge in [-0.25, -0.2) is 5.48 Å². The van der Waals surface area contributed by atoms with Crippen LogP contribution in [0, 0.1) is 11.8 Å². The molecule has 0 amide bonds. The second-order valence-electron chi connectivity index (χ2n) is 3.29. The quantitative estimate of drug-likeness (QED) is 0.524. The van der Waals surface area contributed by atoms with Crippen molar-refractivity contribution in [2.24, 2.45) is 11.8 Å². The van der Waals surface area contributed by atoms with Gasteiger partial charge in [-0.2, -0.15) is 0 Å². The molecule has 3 atom stereocenters. The Morgan fingerprint density at radius 3 is 2.22 bits per heavy atom. The van der Waals surface area contributed by atoms with Crippen LogP contribution in [0.25, 0.3) is 0 Å². The molecule has 2 nitrogen and oxygen atoms in total. The third-order valence-corrected chi connectivity index (χ3v) is 2.28. The van der Waals surface area contributed by atoms with Crippen molar-refractivity contribution >= 4 is 0 Å². The standard InChI is InChI=1S/C7H15NO/c1-5-3-6(2)7(4-5)8-9/h5-9H,3-4H2,1-2H3. The van der Waals surface area contributed by atoms with Crippen LogP contribution < -0.4 is 5.48 Å². The Hall–Kier alpha value is -0.0800. The van der Waals surface area contributed by atoms with E-state index in [2.05, 4.69) is 19.3 Å². The number of hydrogen-bond donors (Lipinski definition) is 2. The van der Waals surface area contributed by atoms with Crippen LogP contribution in [-0.4, -0.2) is 11.2 Å². The van der Waals surface area contributed by atoms with Crippen LogP contribution in [0.4, 0.5) is 0 Å². The van der Waals surface area contributed by atoms with E-state index in [1.165, 1.54) is 6.42 Å². The first kappa shape index (κ1) is 7.03. The molecule has 0 aromatic heterocycles. The molecule has 2 N–H and O–H groups in total. The summed E-state index contributed by atoms with van der Waals surface area (Å²) in [4.78, 5) is 0. The maximum Gasteiger partial charge on any atom is 0.0347 e. The van der Waals surface area contributed by atoms with E-state index < -0.39 is 0 Å². The molecule has 0 bridgehead atoms. The molecular formula is C7H15NO. The van der Waals surface area contributed by atoms with Gasteiger partial charge in [-0.05, 0) is 24.7 Å². The molecule has 3 unspecified atom stereocenters. The van der Waals surface area contributed by atoms with E-state index in [-0.39, 0.29) is 0 Å². The molecule has 1 rings (SSSR count). The monoisotopic (exact) mass is 129 g/mol. The summed E-state index contributed by atoms with van der Waals surface area (Å²) in [7, 11) is 0. The SMILES string of the molecule is CC1CC(C)C(NO)C1. The van der Waals surface area contributed by atoms with Crippen molar-refractivity contribution in [3.05, 3.63) is 0 Å². The lowest BCUT2D eigenvalue weighted by molar-refractivity contribution is 0.111. The Bertz CT molecular complexity index is 94.9. The first-order valence-corrected chi connectivity index (χ1v) is 3.63. The van der Waals surface area contributed by atoms with E-state index in [9.17, 15) is 0 Å². The molecule has 1 saturated carbocycles. The van der Waals surface area contributed by atoms with Gasteiger partial charge in [0.25, 0.3) is 0 Å². The molecule has 0 aromatic carbocycles. The molecule has 0 spiro atoms. The first-order valence-electron chi connectivity index (χ1n) is 3.63. The minimum absolute atomic E-state index is 0.347. The molecule has 0 aromatic rings. The summed E-state index contributed by atoms with van der Waals surface area (Å²) in [6.07, 6.45) is 2.37. The van der Waals surface area contributed by atoms with Gasteiger partial charge < -0.3 is 5.21 Å². The summed E-state index contributed by atoms with van der Waals surface area (Å²) in [5.74, 6) is 1.43. The summed E-state index contributed by atoms with van der Waals surface area (Å²) in [6, 6.07) is 0.347. The van der Waals surface area contributed by atoms with Crippen LogP contribution in [0.3, 0.4) is 0 Å². The van der Waals surface area contributed by atoms with Crippen molar-refractivity contribution in [3.63, 3.8) is 0 Å². The lowest BCUT2D eigenvalue weighted by Crippen LogP contribution is -2.27. The molecule has 0 saturated heterocycles. The summed E-state index contributed by atoms with van der Waals surface area (Å²) in [5, 5.41) is 8.60. The third kappa shape index (κ3) is 1.43. The predicted octanol–water partition coefficient (Wildman–Crippen LogP) is 1.40. The van der Waals surface area contributed by atoms with Gasteiger partial charge in [0, 0.05) is 6.04 Å². The molecule has 2 heteroatoms. The number of hydroxylamine groups is 1. The second kappa shape index (κ2) is 2.67. The van der Waals surface area contributed by atoms with Gasteiger partial charge in [-0.1, -0.05) is 13.8 Å². The van der Waals surface area contributed by atoms with Gasteiger partial charge in [0.15, 0.2) is 0 Å². The molecule has 0 heterocycles. The summed E-state index contributed by atoms with van der Waals surface area (Å²) < 4.78 is 0. The number of rotatable bonds is 1. The van der Waals surface area contributed by atoms with Crippen LogP contribution >= 0.6 is 0 Å². The maximum atomic E-state index is 8.60. The molecule has 54 valence electrons. The highest BCUT2D eigenvalue weighted by molar-refractivity contribution is 4.81. The van der Waals surface area contributed by atoms with E-state index >= 15 is 0 Å². The van der Waals surface area contributed by atoms with Crippen LogP contribution in [0.2, 0.25) is 0 Å². The minimum atomic E-state index is 0.347. The normalized spacial score (nSPS) is 43.7. The van der Waals surface area contributed by atoms with Crippen molar-refractivity contribution in [2.75, 3.05) is 0 Å². The molecule has 1 fully saturated rings. The van der Waals surface area contributed by atoms with E-state index in [0.29, 0.717) is 12.0 Å². The first-order chi connectivity index (χ1) is 4.24. The number of nitrogens with one attached hydrogen (secondary N) is 1. The van der Waals surface area contributed by atoms with Crippen molar-refractivity contribution in [3.8, 4) is 0 Å². The van der Waals surface area contributed by atoms with Gasteiger partial charge >= 0.3 is 0 Å². The fraction of sp³-hybridized carbons (Fsp3) is 1.00. The second-order valence-corrected chi connectivity index (χ2v) is 3.29. The average Bonchev–Trinajstić information content (AvgIpc) is 2.10. The van der Waals surface area contributed by atoms with E-state index in [1.807, 2.05) is 0 Å².